The first kappa shape index (κ1) is 10.7. The topological polar surface area (TPSA) is 0 Å². The third-order valence-electron chi connectivity index (χ3n) is 1.87. The molecule has 11 heavy (non-hydrogen) atoms. The highest BCUT2D eigenvalue weighted by Crippen LogP contribution is 2.23. The van der Waals surface area contributed by atoms with Crippen molar-refractivity contribution in [3.63, 3.8) is 0 Å². The molecular weight excluding hydrogens is 132 g/mol. The fourth-order valence-electron chi connectivity index (χ4n) is 1.09. The summed E-state index contributed by atoms with van der Waals surface area (Å²) in [5, 5.41) is 0. The molecule has 0 aromatic heterocycles. The van der Waals surface area contributed by atoms with Crippen LogP contribution < -0.4 is 0 Å². The van der Waals surface area contributed by atoms with Crippen molar-refractivity contribution >= 4 is 0 Å². The monoisotopic (exact) mass is 154 g/mol. The van der Waals surface area contributed by atoms with Gasteiger partial charge in [0.15, 0.2) is 0 Å². The summed E-state index contributed by atoms with van der Waals surface area (Å²) in [6.45, 7) is 11.3. The van der Waals surface area contributed by atoms with Gasteiger partial charge in [-0.25, -0.2) is 0 Å². The summed E-state index contributed by atoms with van der Waals surface area (Å²) >= 11 is 0. The molecule has 66 valence electrons. The van der Waals surface area contributed by atoms with Gasteiger partial charge in [-0.15, -0.1) is 0 Å². The molecule has 0 rings (SSSR count). The van der Waals surface area contributed by atoms with E-state index in [1.807, 2.05) is 0 Å². The molecule has 0 heteroatoms. The van der Waals surface area contributed by atoms with Gasteiger partial charge in [0.2, 0.25) is 0 Å². The number of hydrogen-bond donors (Lipinski definition) is 0. The lowest BCUT2D eigenvalue weighted by molar-refractivity contribution is 0.347. The summed E-state index contributed by atoms with van der Waals surface area (Å²) in [5.74, 6) is 0.749. The highest BCUT2D eigenvalue weighted by Gasteiger charge is 2.10. The standard InChI is InChI=1S/C11H22/c1-6-7-10(2)8-9-11(3,4)5/h6-7,10H,8-9H2,1-5H3. The fourth-order valence-corrected chi connectivity index (χ4v) is 1.09. The van der Waals surface area contributed by atoms with E-state index >= 15 is 0 Å². The van der Waals surface area contributed by atoms with E-state index in [-0.39, 0.29) is 0 Å². The maximum absolute atomic E-state index is 2.30. The second kappa shape index (κ2) is 4.58. The highest BCUT2D eigenvalue weighted by molar-refractivity contribution is 4.83. The third kappa shape index (κ3) is 7.64. The van der Waals surface area contributed by atoms with E-state index in [9.17, 15) is 0 Å². The van der Waals surface area contributed by atoms with E-state index in [2.05, 4.69) is 46.8 Å². The predicted octanol–water partition coefficient (Wildman–Crippen LogP) is 4.02. The van der Waals surface area contributed by atoms with E-state index in [0.29, 0.717) is 5.41 Å². The Labute approximate surface area is 71.7 Å². The Kier molecular flexibility index (Phi) is 4.48. The lowest BCUT2D eigenvalue weighted by atomic mass is 9.87. The zero-order valence-electron chi connectivity index (χ0n) is 8.65. The minimum absolute atomic E-state index is 0.496. The van der Waals surface area contributed by atoms with Crippen molar-refractivity contribution in [2.24, 2.45) is 11.3 Å². The molecule has 0 aromatic carbocycles. The molecule has 0 radical (unpaired) electrons. The van der Waals surface area contributed by atoms with Crippen LogP contribution >= 0.6 is 0 Å². The van der Waals surface area contributed by atoms with Crippen LogP contribution in [-0.2, 0) is 0 Å². The maximum atomic E-state index is 2.30. The Morgan fingerprint density at radius 3 is 2.18 bits per heavy atom. The van der Waals surface area contributed by atoms with Gasteiger partial charge >= 0.3 is 0 Å². The lowest BCUT2D eigenvalue weighted by Gasteiger charge is -2.19. The predicted molar refractivity (Wildman–Crippen MR) is 52.7 cm³/mol. The molecule has 0 N–H and O–H groups in total. The van der Waals surface area contributed by atoms with Gasteiger partial charge in [-0.2, -0.15) is 0 Å². The van der Waals surface area contributed by atoms with Gasteiger partial charge in [-0.1, -0.05) is 39.8 Å². The molecule has 0 aliphatic rings. The summed E-state index contributed by atoms with van der Waals surface area (Å²) in [5.41, 5.74) is 0.496. The van der Waals surface area contributed by atoms with Crippen molar-refractivity contribution in [2.45, 2.75) is 47.5 Å². The molecule has 0 aromatic rings. The van der Waals surface area contributed by atoms with Gasteiger partial charge in [0, 0.05) is 0 Å². The first-order valence-corrected chi connectivity index (χ1v) is 4.58. The van der Waals surface area contributed by atoms with Gasteiger partial charge in [-0.3, -0.25) is 0 Å². The SMILES string of the molecule is CC=CC(C)CCC(C)(C)C. The van der Waals surface area contributed by atoms with Crippen LogP contribution in [0.25, 0.3) is 0 Å². The van der Waals surface area contributed by atoms with E-state index in [1.54, 1.807) is 0 Å². The summed E-state index contributed by atoms with van der Waals surface area (Å²) in [6, 6.07) is 0. The third-order valence-corrected chi connectivity index (χ3v) is 1.87. The van der Waals surface area contributed by atoms with E-state index in [0.717, 1.165) is 5.92 Å². The normalized spacial score (nSPS) is 15.7. The van der Waals surface area contributed by atoms with Gasteiger partial charge in [0.05, 0.1) is 0 Å². The van der Waals surface area contributed by atoms with E-state index < -0.39 is 0 Å². The van der Waals surface area contributed by atoms with Gasteiger partial charge in [0.1, 0.15) is 0 Å². The number of hydrogen-bond acceptors (Lipinski definition) is 0. The van der Waals surface area contributed by atoms with Crippen LogP contribution in [0.3, 0.4) is 0 Å². The summed E-state index contributed by atoms with van der Waals surface area (Å²) in [6.07, 6.45) is 7.06. The molecule has 0 heterocycles. The lowest BCUT2D eigenvalue weighted by Crippen LogP contribution is -2.06. The largest absolute Gasteiger partial charge is 0.0914 e. The first-order chi connectivity index (χ1) is 4.95. The van der Waals surface area contributed by atoms with Crippen LogP contribution in [0.2, 0.25) is 0 Å². The minimum atomic E-state index is 0.496. The minimum Gasteiger partial charge on any atom is -0.0914 e. The van der Waals surface area contributed by atoms with Gasteiger partial charge < -0.3 is 0 Å². The van der Waals surface area contributed by atoms with Crippen molar-refractivity contribution < 1.29 is 0 Å². The molecule has 0 amide bonds. The van der Waals surface area contributed by atoms with Crippen molar-refractivity contribution in [2.75, 3.05) is 0 Å². The Bertz CT molecular complexity index is 114. The van der Waals surface area contributed by atoms with Crippen LogP contribution in [0.1, 0.15) is 47.5 Å². The number of rotatable bonds is 3. The van der Waals surface area contributed by atoms with Crippen molar-refractivity contribution in [1.82, 2.24) is 0 Å². The molecule has 1 unspecified atom stereocenters. The smallest absolute Gasteiger partial charge is 0.0262 e. The second-order valence-corrected chi connectivity index (χ2v) is 4.60. The van der Waals surface area contributed by atoms with Crippen LogP contribution in [0.5, 0.6) is 0 Å². The average Bonchev–Trinajstić information content (AvgIpc) is 1.83. The second-order valence-electron chi connectivity index (χ2n) is 4.60. The molecule has 0 nitrogen and oxygen atoms in total. The van der Waals surface area contributed by atoms with Crippen molar-refractivity contribution in [1.29, 1.82) is 0 Å². The molecular formula is C11H22. The Morgan fingerprint density at radius 1 is 1.27 bits per heavy atom. The molecule has 0 aliphatic heterocycles. The maximum Gasteiger partial charge on any atom is -0.0262 e. The Hall–Kier alpha value is -0.260. The van der Waals surface area contributed by atoms with Crippen LogP contribution in [0, 0.1) is 11.3 Å². The van der Waals surface area contributed by atoms with E-state index in [1.165, 1.54) is 12.8 Å². The highest BCUT2D eigenvalue weighted by atomic mass is 14.2. The number of allylic oxidation sites excluding steroid dienone is 2. The summed E-state index contributed by atoms with van der Waals surface area (Å²) < 4.78 is 0. The zero-order chi connectivity index (χ0) is 8.91. The average molecular weight is 154 g/mol. The van der Waals surface area contributed by atoms with Crippen LogP contribution in [0.15, 0.2) is 12.2 Å². The Balaban J connectivity index is 3.54. The quantitative estimate of drug-likeness (QED) is 0.538. The van der Waals surface area contributed by atoms with E-state index in [4.69, 9.17) is 0 Å². The van der Waals surface area contributed by atoms with Crippen LogP contribution in [0.4, 0.5) is 0 Å². The summed E-state index contributed by atoms with van der Waals surface area (Å²) in [4.78, 5) is 0. The van der Waals surface area contributed by atoms with Gasteiger partial charge in [-0.05, 0) is 31.1 Å². The Morgan fingerprint density at radius 2 is 1.82 bits per heavy atom. The molecule has 1 atom stereocenters. The molecule has 0 bridgehead atoms. The summed E-state index contributed by atoms with van der Waals surface area (Å²) in [7, 11) is 0. The van der Waals surface area contributed by atoms with Crippen LogP contribution in [-0.4, -0.2) is 0 Å². The zero-order valence-corrected chi connectivity index (χ0v) is 8.65. The molecule has 0 fully saturated rings. The van der Waals surface area contributed by atoms with Crippen molar-refractivity contribution in [3.8, 4) is 0 Å². The first-order valence-electron chi connectivity index (χ1n) is 4.58. The molecule has 0 saturated heterocycles. The molecule has 0 saturated carbocycles. The fraction of sp³-hybridized carbons (Fsp3) is 0.818. The molecule has 0 aliphatic carbocycles. The van der Waals surface area contributed by atoms with Gasteiger partial charge in [0.25, 0.3) is 0 Å². The van der Waals surface area contributed by atoms with Crippen molar-refractivity contribution in [3.05, 3.63) is 12.2 Å². The molecule has 0 spiro atoms.